The van der Waals surface area contributed by atoms with E-state index in [4.69, 9.17) is 5.11 Å². The predicted octanol–water partition coefficient (Wildman–Crippen LogP) is 1.10. The molecule has 2 amide bonds. The van der Waals surface area contributed by atoms with E-state index < -0.39 is 17.9 Å². The summed E-state index contributed by atoms with van der Waals surface area (Å²) < 4.78 is 0. The summed E-state index contributed by atoms with van der Waals surface area (Å²) in [6.07, 6.45) is 4.33. The van der Waals surface area contributed by atoms with E-state index in [1.165, 1.54) is 0 Å². The van der Waals surface area contributed by atoms with Gasteiger partial charge < -0.3 is 14.9 Å². The third-order valence-electron chi connectivity index (χ3n) is 4.49. The Kier molecular flexibility index (Phi) is 5.20. The molecule has 2 aliphatic heterocycles. The van der Waals surface area contributed by atoms with Crippen LogP contribution < -0.4 is 0 Å². The van der Waals surface area contributed by atoms with Gasteiger partial charge in [0.15, 0.2) is 0 Å². The van der Waals surface area contributed by atoms with E-state index in [9.17, 15) is 14.4 Å². The highest BCUT2D eigenvalue weighted by molar-refractivity contribution is 5.88. The molecule has 2 rings (SSSR count). The van der Waals surface area contributed by atoms with Crippen LogP contribution in [0.3, 0.4) is 0 Å². The number of nitrogens with zero attached hydrogens (tertiary/aromatic N) is 2. The van der Waals surface area contributed by atoms with Crippen molar-refractivity contribution in [2.45, 2.75) is 51.5 Å². The molecule has 2 saturated heterocycles. The molecule has 6 nitrogen and oxygen atoms in total. The van der Waals surface area contributed by atoms with E-state index in [1.54, 1.807) is 16.7 Å². The predicted molar refractivity (Wildman–Crippen MR) is 76.6 cm³/mol. The van der Waals surface area contributed by atoms with Gasteiger partial charge in [-0.25, -0.2) is 0 Å². The van der Waals surface area contributed by atoms with Gasteiger partial charge in [0.25, 0.3) is 0 Å². The monoisotopic (exact) mass is 296 g/mol. The molecule has 0 aromatic heterocycles. The molecular formula is C15H24N2O4. The SMILES string of the molecule is CCC(=O)N1CCCCC1C(=O)N1CCCC(C(=O)O)C1. The van der Waals surface area contributed by atoms with E-state index >= 15 is 0 Å². The summed E-state index contributed by atoms with van der Waals surface area (Å²) >= 11 is 0. The zero-order valence-corrected chi connectivity index (χ0v) is 12.6. The molecule has 2 atom stereocenters. The van der Waals surface area contributed by atoms with E-state index in [1.807, 2.05) is 0 Å². The van der Waals surface area contributed by atoms with Gasteiger partial charge in [-0.3, -0.25) is 14.4 Å². The van der Waals surface area contributed by atoms with Gasteiger partial charge in [-0.05, 0) is 32.1 Å². The van der Waals surface area contributed by atoms with Crippen LogP contribution in [0.15, 0.2) is 0 Å². The summed E-state index contributed by atoms with van der Waals surface area (Å²) in [6.45, 7) is 3.32. The highest BCUT2D eigenvalue weighted by atomic mass is 16.4. The van der Waals surface area contributed by atoms with Crippen molar-refractivity contribution in [3.05, 3.63) is 0 Å². The molecule has 0 radical (unpaired) electrons. The first-order chi connectivity index (χ1) is 10.0. The second kappa shape index (κ2) is 6.91. The maximum Gasteiger partial charge on any atom is 0.308 e. The number of carbonyl (C=O) groups excluding carboxylic acids is 2. The van der Waals surface area contributed by atoms with Crippen molar-refractivity contribution in [3.63, 3.8) is 0 Å². The zero-order valence-electron chi connectivity index (χ0n) is 12.6. The van der Waals surface area contributed by atoms with Gasteiger partial charge >= 0.3 is 5.97 Å². The summed E-state index contributed by atoms with van der Waals surface area (Å²) in [5, 5.41) is 9.12. The Morgan fingerprint density at radius 1 is 1.10 bits per heavy atom. The number of hydrogen-bond acceptors (Lipinski definition) is 3. The molecule has 0 aromatic carbocycles. The summed E-state index contributed by atoms with van der Waals surface area (Å²) in [4.78, 5) is 39.1. The number of rotatable bonds is 3. The summed E-state index contributed by atoms with van der Waals surface area (Å²) in [5.41, 5.74) is 0. The second-order valence-electron chi connectivity index (χ2n) is 5.91. The van der Waals surface area contributed by atoms with Crippen LogP contribution in [0.1, 0.15) is 45.4 Å². The molecule has 0 bridgehead atoms. The van der Waals surface area contributed by atoms with Gasteiger partial charge in [-0.15, -0.1) is 0 Å². The number of carbonyl (C=O) groups is 3. The van der Waals surface area contributed by atoms with Gasteiger partial charge in [-0.2, -0.15) is 0 Å². The Balaban J connectivity index is 2.06. The Morgan fingerprint density at radius 3 is 2.52 bits per heavy atom. The van der Waals surface area contributed by atoms with Crippen molar-refractivity contribution in [2.24, 2.45) is 5.92 Å². The molecule has 2 fully saturated rings. The molecular weight excluding hydrogens is 272 g/mol. The quantitative estimate of drug-likeness (QED) is 0.846. The number of piperidine rings is 2. The maximum absolute atomic E-state index is 12.7. The maximum atomic E-state index is 12.7. The van der Waals surface area contributed by atoms with Gasteiger partial charge in [-0.1, -0.05) is 6.92 Å². The molecule has 0 aromatic rings. The minimum absolute atomic E-state index is 0.0137. The van der Waals surface area contributed by atoms with E-state index in [0.29, 0.717) is 32.4 Å². The molecule has 6 heteroatoms. The molecule has 0 spiro atoms. The second-order valence-corrected chi connectivity index (χ2v) is 5.91. The summed E-state index contributed by atoms with van der Waals surface area (Å²) in [6, 6.07) is -0.390. The van der Waals surface area contributed by atoms with Gasteiger partial charge in [0.05, 0.1) is 5.92 Å². The normalized spacial score (nSPS) is 26.5. The topological polar surface area (TPSA) is 77.9 Å². The van der Waals surface area contributed by atoms with E-state index in [0.717, 1.165) is 19.3 Å². The smallest absolute Gasteiger partial charge is 0.308 e. The van der Waals surface area contributed by atoms with Crippen molar-refractivity contribution in [2.75, 3.05) is 19.6 Å². The van der Waals surface area contributed by atoms with E-state index in [2.05, 4.69) is 0 Å². The Bertz CT molecular complexity index is 424. The molecule has 0 saturated carbocycles. The highest BCUT2D eigenvalue weighted by Crippen LogP contribution is 2.23. The van der Waals surface area contributed by atoms with Gasteiger partial charge in [0.1, 0.15) is 6.04 Å². The lowest BCUT2D eigenvalue weighted by molar-refractivity contribution is -0.152. The first-order valence-electron chi connectivity index (χ1n) is 7.85. The number of carboxylic acid groups (broad SMARTS) is 1. The largest absolute Gasteiger partial charge is 0.481 e. The average Bonchev–Trinajstić information content (AvgIpc) is 2.53. The lowest BCUT2D eigenvalue weighted by Crippen LogP contribution is -2.55. The van der Waals surface area contributed by atoms with Crippen LogP contribution in [-0.2, 0) is 14.4 Å². The Morgan fingerprint density at radius 2 is 1.86 bits per heavy atom. The fraction of sp³-hybridized carbons (Fsp3) is 0.800. The van der Waals surface area contributed by atoms with Crippen LogP contribution in [0.25, 0.3) is 0 Å². The molecule has 118 valence electrons. The van der Waals surface area contributed by atoms with Crippen LogP contribution in [0, 0.1) is 5.92 Å². The molecule has 1 N–H and O–H groups in total. The van der Waals surface area contributed by atoms with Crippen molar-refractivity contribution in [1.82, 2.24) is 9.80 Å². The van der Waals surface area contributed by atoms with Gasteiger partial charge in [0.2, 0.25) is 11.8 Å². The van der Waals surface area contributed by atoms with Crippen LogP contribution >= 0.6 is 0 Å². The van der Waals surface area contributed by atoms with Crippen molar-refractivity contribution < 1.29 is 19.5 Å². The average molecular weight is 296 g/mol. The molecule has 21 heavy (non-hydrogen) atoms. The zero-order chi connectivity index (χ0) is 15.4. The van der Waals surface area contributed by atoms with Crippen molar-refractivity contribution >= 4 is 17.8 Å². The van der Waals surface area contributed by atoms with Crippen molar-refractivity contribution in [3.8, 4) is 0 Å². The summed E-state index contributed by atoms with van der Waals surface area (Å²) in [5.74, 6) is -1.36. The first kappa shape index (κ1) is 15.8. The Labute approximate surface area is 125 Å². The lowest BCUT2D eigenvalue weighted by Gasteiger charge is -2.39. The standard InChI is InChI=1S/C15H24N2O4/c1-2-13(18)17-9-4-3-7-12(17)14(19)16-8-5-6-11(10-16)15(20)21/h11-12H,2-10H2,1H3,(H,20,21). The third-order valence-corrected chi connectivity index (χ3v) is 4.49. The van der Waals surface area contributed by atoms with Crippen LogP contribution in [0.4, 0.5) is 0 Å². The van der Waals surface area contributed by atoms with Crippen LogP contribution in [-0.4, -0.2) is 58.4 Å². The molecule has 2 heterocycles. The molecule has 2 unspecified atom stereocenters. The number of hydrogen-bond donors (Lipinski definition) is 1. The molecule has 2 aliphatic rings. The van der Waals surface area contributed by atoms with E-state index in [-0.39, 0.29) is 18.4 Å². The highest BCUT2D eigenvalue weighted by Gasteiger charge is 2.36. The number of amides is 2. The van der Waals surface area contributed by atoms with Gasteiger partial charge in [0, 0.05) is 26.1 Å². The molecule has 0 aliphatic carbocycles. The number of aliphatic carboxylic acids is 1. The number of likely N-dealkylation sites (tertiary alicyclic amines) is 2. The van der Waals surface area contributed by atoms with Crippen molar-refractivity contribution in [1.29, 1.82) is 0 Å². The first-order valence-corrected chi connectivity index (χ1v) is 7.85. The minimum atomic E-state index is -0.836. The van der Waals surface area contributed by atoms with Crippen LogP contribution in [0.2, 0.25) is 0 Å². The van der Waals surface area contributed by atoms with Crippen LogP contribution in [0.5, 0.6) is 0 Å². The number of carboxylic acids is 1. The fourth-order valence-corrected chi connectivity index (χ4v) is 3.28. The fourth-order valence-electron chi connectivity index (χ4n) is 3.28. The lowest BCUT2D eigenvalue weighted by atomic mass is 9.95. The minimum Gasteiger partial charge on any atom is -0.481 e. The summed E-state index contributed by atoms with van der Waals surface area (Å²) in [7, 11) is 0. The Hall–Kier alpha value is -1.59. The third kappa shape index (κ3) is 3.54.